The maximum Gasteiger partial charge on any atom is 0.252 e. The number of carbonyl (C=O) groups excluding carboxylic acids is 2. The predicted molar refractivity (Wildman–Crippen MR) is 177 cm³/mol. The summed E-state index contributed by atoms with van der Waals surface area (Å²) < 4.78 is 5.74. The van der Waals surface area contributed by atoms with E-state index < -0.39 is 18.1 Å². The van der Waals surface area contributed by atoms with Crippen molar-refractivity contribution < 1.29 is 29.6 Å². The van der Waals surface area contributed by atoms with Gasteiger partial charge in [-0.25, -0.2) is 0 Å². The van der Waals surface area contributed by atoms with Crippen LogP contribution < -0.4 is 21.1 Å². The number of Topliss-reactive ketones (excluding diaryl/α,β-unsaturated/α-hetero) is 1. The molecule has 1 aliphatic carbocycles. The van der Waals surface area contributed by atoms with Gasteiger partial charge < -0.3 is 36.4 Å². The van der Waals surface area contributed by atoms with Crippen LogP contribution in [0.2, 0.25) is 0 Å². The Morgan fingerprint density at radius 1 is 1.00 bits per heavy atom. The molecule has 244 valence electrons. The van der Waals surface area contributed by atoms with Crippen molar-refractivity contribution in [3.63, 3.8) is 0 Å². The number of ketones is 1. The van der Waals surface area contributed by atoms with E-state index in [1.165, 1.54) is 17.7 Å². The maximum absolute atomic E-state index is 11.9. The predicted octanol–water partition coefficient (Wildman–Crippen LogP) is 4.47. The molecule has 3 aromatic carbocycles. The quantitative estimate of drug-likeness (QED) is 0.164. The molecule has 0 aliphatic heterocycles. The van der Waals surface area contributed by atoms with Gasteiger partial charge in [0.1, 0.15) is 24.2 Å². The standard InChI is InChI=1S/C19H24N2O3.C17H25NO3/c1-13(7-8-14-5-3-2-4-6-14)21-12-18(23)15-9-10-17(22)16(11-15)19(20)24;1-17(2,3)18-10-12(19)11-21-16-9-5-6-13-14(16)7-4-8-15(13)20/h2-6,9-11,13,18,21-23H,7-8,12H2,1H3,(H2,20,24);5-6,9,12,18-19H,4,7-8,10-11H2,1-3H3/t;12-/m.0/s1. The number of nitrogens with two attached hydrogens (primary N) is 1. The molecule has 0 bridgehead atoms. The SMILES string of the molecule is CC(C)(C)NC[C@H](O)COc1cccc2c1CCCC2=O.CC(CCc1ccccc1)NCC(O)c1ccc(O)c(C(N)=O)c1. The normalized spacial score (nSPS) is 14.8. The first-order valence-electron chi connectivity index (χ1n) is 15.6. The van der Waals surface area contributed by atoms with Crippen LogP contribution in [0.4, 0.5) is 0 Å². The number of ether oxygens (including phenoxy) is 1. The molecule has 0 radical (unpaired) electrons. The Morgan fingerprint density at radius 2 is 1.73 bits per heavy atom. The first-order chi connectivity index (χ1) is 21.3. The smallest absolute Gasteiger partial charge is 0.252 e. The van der Waals surface area contributed by atoms with Crippen molar-refractivity contribution in [2.75, 3.05) is 19.7 Å². The van der Waals surface area contributed by atoms with E-state index in [9.17, 15) is 24.9 Å². The minimum absolute atomic E-state index is 0.0173. The Labute approximate surface area is 266 Å². The average Bonchev–Trinajstić information content (AvgIpc) is 3.01. The Kier molecular flexibility index (Phi) is 13.6. The lowest BCUT2D eigenvalue weighted by Crippen LogP contribution is -2.42. The molecule has 9 nitrogen and oxygen atoms in total. The second-order valence-electron chi connectivity index (χ2n) is 12.6. The van der Waals surface area contributed by atoms with E-state index in [1.807, 2.05) is 36.4 Å². The molecule has 0 saturated heterocycles. The van der Waals surface area contributed by atoms with Crippen molar-refractivity contribution >= 4 is 11.7 Å². The minimum Gasteiger partial charge on any atom is -0.507 e. The van der Waals surface area contributed by atoms with Gasteiger partial charge in [0.15, 0.2) is 5.78 Å². The van der Waals surface area contributed by atoms with E-state index in [-0.39, 0.29) is 35.3 Å². The first-order valence-corrected chi connectivity index (χ1v) is 15.6. The number of carbonyl (C=O) groups is 2. The fourth-order valence-electron chi connectivity index (χ4n) is 4.97. The number of aliphatic hydroxyl groups excluding tert-OH is 2. The molecule has 4 rings (SSSR count). The van der Waals surface area contributed by atoms with Crippen molar-refractivity contribution in [2.45, 2.75) is 83.6 Å². The van der Waals surface area contributed by atoms with Crippen molar-refractivity contribution in [2.24, 2.45) is 5.73 Å². The van der Waals surface area contributed by atoms with E-state index in [2.05, 4.69) is 50.5 Å². The number of hydrogen-bond acceptors (Lipinski definition) is 8. The van der Waals surface area contributed by atoms with E-state index in [0.29, 0.717) is 25.1 Å². The van der Waals surface area contributed by atoms with Crippen LogP contribution in [0.3, 0.4) is 0 Å². The third-order valence-electron chi connectivity index (χ3n) is 7.60. The van der Waals surface area contributed by atoms with E-state index in [0.717, 1.165) is 42.6 Å². The lowest BCUT2D eigenvalue weighted by atomic mass is 9.90. The summed E-state index contributed by atoms with van der Waals surface area (Å²) in [6, 6.07) is 20.5. The molecule has 2 unspecified atom stereocenters. The zero-order valence-electron chi connectivity index (χ0n) is 26.9. The topological polar surface area (TPSA) is 154 Å². The number of benzene rings is 3. The minimum atomic E-state index is -0.775. The molecule has 0 heterocycles. The zero-order valence-corrected chi connectivity index (χ0v) is 26.9. The second kappa shape index (κ2) is 17.1. The van der Waals surface area contributed by atoms with Gasteiger partial charge in [0, 0.05) is 42.2 Å². The lowest BCUT2D eigenvalue weighted by Gasteiger charge is -2.24. The molecule has 1 aliphatic rings. The van der Waals surface area contributed by atoms with Crippen molar-refractivity contribution in [1.82, 2.24) is 10.6 Å². The summed E-state index contributed by atoms with van der Waals surface area (Å²) in [4.78, 5) is 23.1. The highest BCUT2D eigenvalue weighted by Gasteiger charge is 2.21. The number of aliphatic hydroxyl groups is 2. The van der Waals surface area contributed by atoms with E-state index >= 15 is 0 Å². The van der Waals surface area contributed by atoms with Gasteiger partial charge in [0.2, 0.25) is 0 Å². The Morgan fingerprint density at radius 3 is 2.42 bits per heavy atom. The van der Waals surface area contributed by atoms with Crippen LogP contribution in [0.15, 0.2) is 66.7 Å². The molecule has 45 heavy (non-hydrogen) atoms. The molecule has 0 fully saturated rings. The number of aryl methyl sites for hydroxylation is 1. The molecule has 0 aromatic heterocycles. The number of β-amino-alcohol motifs (C(OH)–C–C–N with tert-alkyl or cyclic N) is 1. The lowest BCUT2D eigenvalue weighted by molar-refractivity contribution is 0.0955. The highest BCUT2D eigenvalue weighted by molar-refractivity contribution is 5.99. The molecule has 3 atom stereocenters. The summed E-state index contributed by atoms with van der Waals surface area (Å²) in [5.74, 6) is 0.0281. The van der Waals surface area contributed by atoms with Crippen LogP contribution in [0.1, 0.15) is 90.5 Å². The number of phenols is 1. The number of hydrogen-bond donors (Lipinski definition) is 6. The molecular formula is C36H49N3O6. The molecule has 7 N–H and O–H groups in total. The molecule has 1 amide bonds. The Hall–Kier alpha value is -3.76. The number of nitrogens with one attached hydrogen (secondary N) is 2. The van der Waals surface area contributed by atoms with Gasteiger partial charge in [-0.2, -0.15) is 0 Å². The molecule has 3 aromatic rings. The summed E-state index contributed by atoms with van der Waals surface area (Å²) in [6.07, 6.45) is 2.94. The van der Waals surface area contributed by atoms with Crippen molar-refractivity contribution in [3.8, 4) is 11.5 Å². The number of amides is 1. The van der Waals surface area contributed by atoms with Gasteiger partial charge in [-0.3, -0.25) is 9.59 Å². The molecule has 0 spiro atoms. The largest absolute Gasteiger partial charge is 0.507 e. The highest BCUT2D eigenvalue weighted by Crippen LogP contribution is 2.29. The molecular weight excluding hydrogens is 570 g/mol. The first kappa shape index (κ1) is 35.7. The molecule has 9 heteroatoms. The van der Waals surface area contributed by atoms with Gasteiger partial charge in [-0.05, 0) is 82.7 Å². The average molecular weight is 620 g/mol. The number of rotatable bonds is 13. The zero-order chi connectivity index (χ0) is 33.0. The third-order valence-corrected chi connectivity index (χ3v) is 7.60. The summed E-state index contributed by atoms with van der Waals surface area (Å²) in [6.45, 7) is 9.31. The third kappa shape index (κ3) is 11.9. The Balaban J connectivity index is 0.000000248. The molecule has 0 saturated carbocycles. The van der Waals surface area contributed by atoms with E-state index in [1.54, 1.807) is 6.07 Å². The van der Waals surface area contributed by atoms with Crippen LogP contribution in [-0.2, 0) is 12.8 Å². The second-order valence-corrected chi connectivity index (χ2v) is 12.6. The van der Waals surface area contributed by atoms with Crippen LogP contribution in [0.25, 0.3) is 0 Å². The van der Waals surface area contributed by atoms with Crippen LogP contribution in [0, 0.1) is 0 Å². The summed E-state index contributed by atoms with van der Waals surface area (Å²) in [5.41, 5.74) is 8.80. The van der Waals surface area contributed by atoms with Gasteiger partial charge in [-0.1, -0.05) is 48.5 Å². The number of aromatic hydroxyl groups is 1. The maximum atomic E-state index is 11.9. The fraction of sp³-hybridized carbons (Fsp3) is 0.444. The summed E-state index contributed by atoms with van der Waals surface area (Å²) >= 11 is 0. The van der Waals surface area contributed by atoms with Gasteiger partial charge in [0.05, 0.1) is 11.7 Å². The van der Waals surface area contributed by atoms with Gasteiger partial charge >= 0.3 is 0 Å². The van der Waals surface area contributed by atoms with Crippen molar-refractivity contribution in [3.05, 3.63) is 94.5 Å². The van der Waals surface area contributed by atoms with Gasteiger partial charge in [0.25, 0.3) is 5.91 Å². The van der Waals surface area contributed by atoms with Crippen LogP contribution in [-0.4, -0.2) is 64.4 Å². The van der Waals surface area contributed by atoms with Gasteiger partial charge in [-0.15, -0.1) is 0 Å². The fourth-order valence-corrected chi connectivity index (χ4v) is 4.97. The van der Waals surface area contributed by atoms with Crippen LogP contribution >= 0.6 is 0 Å². The number of fused-ring (bicyclic) bond motifs is 1. The monoisotopic (exact) mass is 619 g/mol. The van der Waals surface area contributed by atoms with Crippen LogP contribution in [0.5, 0.6) is 11.5 Å². The van der Waals surface area contributed by atoms with E-state index in [4.69, 9.17) is 10.5 Å². The summed E-state index contributed by atoms with van der Waals surface area (Å²) in [5, 5.41) is 36.3. The number of primary amides is 1. The highest BCUT2D eigenvalue weighted by atomic mass is 16.5. The summed E-state index contributed by atoms with van der Waals surface area (Å²) in [7, 11) is 0. The Bertz CT molecular complexity index is 1390. The van der Waals surface area contributed by atoms with Crippen molar-refractivity contribution in [1.29, 1.82) is 0 Å².